The maximum absolute atomic E-state index is 11.9. The maximum Gasteiger partial charge on any atom is 0.154 e. The molecule has 0 unspecified atom stereocenters. The first-order valence-electron chi connectivity index (χ1n) is 6.96. The van der Waals surface area contributed by atoms with Crippen molar-refractivity contribution in [2.24, 2.45) is 0 Å². The molecule has 1 aromatic rings. The van der Waals surface area contributed by atoms with Crippen molar-refractivity contribution in [2.75, 3.05) is 43.5 Å². The highest BCUT2D eigenvalue weighted by atomic mass is 32.2. The van der Waals surface area contributed by atoms with Crippen LogP contribution in [0, 0.1) is 0 Å². The molecule has 1 heterocycles. The van der Waals surface area contributed by atoms with Crippen molar-refractivity contribution in [3.63, 3.8) is 0 Å². The van der Waals surface area contributed by atoms with Gasteiger partial charge in [-0.1, -0.05) is 6.07 Å². The minimum Gasteiger partial charge on any atom is -0.492 e. The second kappa shape index (κ2) is 6.95. The normalized spacial score (nSPS) is 16.4. The number of rotatable bonds is 7. The van der Waals surface area contributed by atoms with Gasteiger partial charge in [0.1, 0.15) is 12.4 Å². The van der Waals surface area contributed by atoms with Gasteiger partial charge < -0.3 is 15.4 Å². The number of nitrogens with zero attached hydrogens (tertiary/aromatic N) is 1. The summed E-state index contributed by atoms with van der Waals surface area (Å²) in [4.78, 5) is 2.20. The molecular weight excluding hydrogens is 276 g/mol. The molecule has 1 saturated heterocycles. The third kappa shape index (κ3) is 5.02. The van der Waals surface area contributed by atoms with Crippen molar-refractivity contribution in [3.05, 3.63) is 24.3 Å². The van der Waals surface area contributed by atoms with Crippen LogP contribution in [-0.2, 0) is 9.84 Å². The average molecular weight is 298 g/mol. The molecule has 0 aromatic heterocycles. The first kappa shape index (κ1) is 15.1. The van der Waals surface area contributed by atoms with Gasteiger partial charge in [0.2, 0.25) is 0 Å². The van der Waals surface area contributed by atoms with Crippen molar-refractivity contribution in [1.82, 2.24) is 4.90 Å². The highest BCUT2D eigenvalue weighted by Gasteiger charge is 2.16. The van der Waals surface area contributed by atoms with Crippen LogP contribution in [0.25, 0.3) is 0 Å². The summed E-state index contributed by atoms with van der Waals surface area (Å²) < 4.78 is 29.2. The number of likely N-dealkylation sites (tertiary alicyclic amines) is 1. The fraction of sp³-hybridized carbons (Fsp3) is 0.571. The number of nitrogen functional groups attached to an aromatic ring is 1. The Balaban J connectivity index is 1.71. The number of anilines is 1. The van der Waals surface area contributed by atoms with E-state index in [0.717, 1.165) is 13.1 Å². The van der Waals surface area contributed by atoms with E-state index < -0.39 is 9.84 Å². The summed E-state index contributed by atoms with van der Waals surface area (Å²) in [5.41, 5.74) is 6.24. The Morgan fingerprint density at radius 3 is 2.65 bits per heavy atom. The van der Waals surface area contributed by atoms with Crippen LogP contribution in [0.5, 0.6) is 5.75 Å². The Labute approximate surface area is 120 Å². The Morgan fingerprint density at radius 2 is 1.95 bits per heavy atom. The second-order valence-electron chi connectivity index (χ2n) is 5.12. The van der Waals surface area contributed by atoms with Gasteiger partial charge >= 0.3 is 0 Å². The van der Waals surface area contributed by atoms with Gasteiger partial charge in [-0.2, -0.15) is 0 Å². The average Bonchev–Trinajstić information content (AvgIpc) is 2.89. The summed E-state index contributed by atoms with van der Waals surface area (Å²) in [6.45, 7) is 2.86. The van der Waals surface area contributed by atoms with E-state index in [1.54, 1.807) is 24.3 Å². The number of benzene rings is 1. The number of nitrogens with two attached hydrogens (primary N) is 1. The largest absolute Gasteiger partial charge is 0.492 e. The minimum absolute atomic E-state index is 0.0512. The molecule has 2 N–H and O–H groups in total. The van der Waals surface area contributed by atoms with Crippen molar-refractivity contribution >= 4 is 15.5 Å². The molecule has 0 bridgehead atoms. The predicted molar refractivity (Wildman–Crippen MR) is 80.7 cm³/mol. The van der Waals surface area contributed by atoms with E-state index in [4.69, 9.17) is 10.5 Å². The van der Waals surface area contributed by atoms with Crippen molar-refractivity contribution < 1.29 is 13.2 Å². The Bertz CT molecular complexity index is 525. The Kier molecular flexibility index (Phi) is 5.25. The second-order valence-corrected chi connectivity index (χ2v) is 7.43. The fourth-order valence-electron chi connectivity index (χ4n) is 2.27. The standard InChI is InChI=1S/C14H22N2O3S/c15-13-4-3-5-14(12-13)19-9-11-20(17,18)10-8-16-6-1-2-7-16/h3-5,12H,1-2,6-11,15H2. The molecule has 1 fully saturated rings. The third-order valence-corrected chi connectivity index (χ3v) is 5.03. The predicted octanol–water partition coefficient (Wildman–Crippen LogP) is 1.16. The maximum atomic E-state index is 11.9. The summed E-state index contributed by atoms with van der Waals surface area (Å²) in [7, 11) is -3.05. The van der Waals surface area contributed by atoms with Crippen LogP contribution in [0.15, 0.2) is 24.3 Å². The molecule has 0 saturated carbocycles. The number of sulfone groups is 1. The highest BCUT2D eigenvalue weighted by Crippen LogP contribution is 2.14. The molecule has 0 amide bonds. The van der Waals surface area contributed by atoms with Crippen molar-refractivity contribution in [2.45, 2.75) is 12.8 Å². The van der Waals surface area contributed by atoms with E-state index in [1.807, 2.05) is 0 Å². The van der Waals surface area contributed by atoms with Gasteiger partial charge in [0, 0.05) is 18.3 Å². The van der Waals surface area contributed by atoms with Crippen molar-refractivity contribution in [1.29, 1.82) is 0 Å². The summed E-state index contributed by atoms with van der Waals surface area (Å²) in [5.74, 6) is 0.878. The Morgan fingerprint density at radius 1 is 1.20 bits per heavy atom. The quantitative estimate of drug-likeness (QED) is 0.765. The molecule has 1 aromatic carbocycles. The summed E-state index contributed by atoms with van der Waals surface area (Å²) in [6.07, 6.45) is 2.36. The zero-order valence-electron chi connectivity index (χ0n) is 11.6. The summed E-state index contributed by atoms with van der Waals surface area (Å²) >= 11 is 0. The molecule has 0 aliphatic carbocycles. The monoisotopic (exact) mass is 298 g/mol. The van der Waals surface area contributed by atoms with Crippen LogP contribution in [-0.4, -0.2) is 51.1 Å². The molecule has 0 spiro atoms. The third-order valence-electron chi connectivity index (χ3n) is 3.44. The lowest BCUT2D eigenvalue weighted by Gasteiger charge is -2.14. The van der Waals surface area contributed by atoms with E-state index in [9.17, 15) is 8.42 Å². The van der Waals surface area contributed by atoms with E-state index in [0.29, 0.717) is 18.0 Å². The van der Waals surface area contributed by atoms with Gasteiger partial charge in [-0.15, -0.1) is 0 Å². The van der Waals surface area contributed by atoms with Gasteiger partial charge in [-0.3, -0.25) is 0 Å². The van der Waals surface area contributed by atoms with Gasteiger partial charge in [0.05, 0.1) is 11.5 Å². The first-order chi connectivity index (χ1) is 9.55. The summed E-state index contributed by atoms with van der Waals surface area (Å²) in [5, 5.41) is 0. The van der Waals surface area contributed by atoms with E-state index in [-0.39, 0.29) is 18.1 Å². The highest BCUT2D eigenvalue weighted by molar-refractivity contribution is 7.91. The van der Waals surface area contributed by atoms with Crippen LogP contribution in [0.1, 0.15) is 12.8 Å². The lowest BCUT2D eigenvalue weighted by molar-refractivity contribution is 0.339. The van der Waals surface area contributed by atoms with E-state index in [2.05, 4.69) is 4.90 Å². The molecule has 5 nitrogen and oxygen atoms in total. The summed E-state index contributed by atoms with van der Waals surface area (Å²) in [6, 6.07) is 7.01. The smallest absolute Gasteiger partial charge is 0.154 e. The lowest BCUT2D eigenvalue weighted by atomic mass is 10.3. The van der Waals surface area contributed by atoms with E-state index >= 15 is 0 Å². The molecule has 1 aliphatic heterocycles. The van der Waals surface area contributed by atoms with Crippen LogP contribution in [0.3, 0.4) is 0 Å². The lowest BCUT2D eigenvalue weighted by Crippen LogP contribution is -2.28. The van der Waals surface area contributed by atoms with Crippen LogP contribution < -0.4 is 10.5 Å². The number of hydrogen-bond acceptors (Lipinski definition) is 5. The fourth-order valence-corrected chi connectivity index (χ4v) is 3.35. The number of ether oxygens (including phenoxy) is 1. The first-order valence-corrected chi connectivity index (χ1v) is 8.78. The SMILES string of the molecule is Nc1cccc(OCCS(=O)(=O)CCN2CCCC2)c1. The minimum atomic E-state index is -3.05. The molecule has 0 atom stereocenters. The topological polar surface area (TPSA) is 72.6 Å². The molecule has 2 rings (SSSR count). The molecule has 1 aliphatic rings. The van der Waals surface area contributed by atoms with Gasteiger partial charge in [0.15, 0.2) is 9.84 Å². The molecule has 0 radical (unpaired) electrons. The molecular formula is C14H22N2O3S. The van der Waals surface area contributed by atoms with Gasteiger partial charge in [-0.05, 0) is 38.1 Å². The van der Waals surface area contributed by atoms with E-state index in [1.165, 1.54) is 12.8 Å². The van der Waals surface area contributed by atoms with Crippen LogP contribution >= 0.6 is 0 Å². The van der Waals surface area contributed by atoms with Crippen LogP contribution in [0.2, 0.25) is 0 Å². The van der Waals surface area contributed by atoms with Gasteiger partial charge in [0.25, 0.3) is 0 Å². The van der Waals surface area contributed by atoms with Crippen LogP contribution in [0.4, 0.5) is 5.69 Å². The van der Waals surface area contributed by atoms with Gasteiger partial charge in [-0.25, -0.2) is 8.42 Å². The zero-order valence-corrected chi connectivity index (χ0v) is 12.4. The number of hydrogen-bond donors (Lipinski definition) is 1. The van der Waals surface area contributed by atoms with Crippen molar-refractivity contribution in [3.8, 4) is 5.75 Å². The molecule has 6 heteroatoms. The Hall–Kier alpha value is -1.27. The zero-order chi connectivity index (χ0) is 14.4. The molecule has 20 heavy (non-hydrogen) atoms. The molecule has 112 valence electrons.